The van der Waals surface area contributed by atoms with Gasteiger partial charge in [-0.15, -0.1) is 0 Å². The number of carbonyl (C=O) groups is 1. The molecule has 0 aliphatic carbocycles. The van der Waals surface area contributed by atoms with Crippen LogP contribution in [0.5, 0.6) is 0 Å². The summed E-state index contributed by atoms with van der Waals surface area (Å²) in [5, 5.41) is 9.55. The predicted octanol–water partition coefficient (Wildman–Crippen LogP) is 12.5. The van der Waals surface area contributed by atoms with Crippen LogP contribution in [0.2, 0.25) is 0 Å². The minimum Gasteiger partial charge on any atom is -0.457 e. The second kappa shape index (κ2) is 39.3. The van der Waals surface area contributed by atoms with Crippen molar-refractivity contribution in [2.75, 3.05) is 19.8 Å². The Hall–Kier alpha value is -1.91. The first kappa shape index (κ1) is 44.1. The van der Waals surface area contributed by atoms with Gasteiger partial charge in [-0.25, -0.2) is 0 Å². The topological polar surface area (TPSA) is 55.8 Å². The molecule has 46 heavy (non-hydrogen) atoms. The summed E-state index contributed by atoms with van der Waals surface area (Å²) in [5.41, 5.74) is 0. The maximum Gasteiger partial charge on any atom is 0.306 e. The van der Waals surface area contributed by atoms with Crippen LogP contribution in [0.3, 0.4) is 0 Å². The van der Waals surface area contributed by atoms with E-state index in [1.54, 1.807) is 0 Å². The minimum absolute atomic E-state index is 0.176. The van der Waals surface area contributed by atoms with Crippen LogP contribution in [-0.2, 0) is 14.3 Å². The highest BCUT2D eigenvalue weighted by Gasteiger charge is 2.13. The fourth-order valence-electron chi connectivity index (χ4n) is 5.24. The summed E-state index contributed by atoms with van der Waals surface area (Å²) >= 11 is 0. The van der Waals surface area contributed by atoms with Crippen molar-refractivity contribution in [2.24, 2.45) is 0 Å². The number of carbonyl (C=O) groups excluding carboxylic acids is 1. The van der Waals surface area contributed by atoms with Gasteiger partial charge in [0.1, 0.15) is 6.10 Å². The van der Waals surface area contributed by atoms with Crippen molar-refractivity contribution in [3.63, 3.8) is 0 Å². The summed E-state index contributed by atoms with van der Waals surface area (Å²) in [7, 11) is 0. The van der Waals surface area contributed by atoms with Crippen molar-refractivity contribution in [3.8, 4) is 0 Å². The summed E-state index contributed by atoms with van der Waals surface area (Å²) in [6.45, 7) is 5.20. The molecule has 0 fully saturated rings. The molecule has 0 aliphatic rings. The van der Waals surface area contributed by atoms with Gasteiger partial charge in [0.15, 0.2) is 0 Å². The molecule has 0 bridgehead atoms. The number of esters is 1. The highest BCUT2D eigenvalue weighted by atomic mass is 16.6. The van der Waals surface area contributed by atoms with E-state index in [1.807, 2.05) is 0 Å². The third-order valence-electron chi connectivity index (χ3n) is 8.11. The van der Waals surface area contributed by atoms with Gasteiger partial charge in [-0.1, -0.05) is 171 Å². The van der Waals surface area contributed by atoms with E-state index in [-0.39, 0.29) is 19.2 Å². The number of ether oxygens (including phenoxy) is 2. The Morgan fingerprint density at radius 3 is 1.48 bits per heavy atom. The SMILES string of the molecule is CC/C=C\C/C=C\C/C=C\C/C=C\C/C=C\CCCCCCCCCCOCC(CO)OC(=O)CCCCCCCCCCCC. The van der Waals surface area contributed by atoms with Gasteiger partial charge in [-0.05, 0) is 57.8 Å². The highest BCUT2D eigenvalue weighted by Crippen LogP contribution is 2.13. The average Bonchev–Trinajstić information content (AvgIpc) is 3.06. The molecular weight excluding hydrogens is 568 g/mol. The largest absolute Gasteiger partial charge is 0.457 e. The van der Waals surface area contributed by atoms with Gasteiger partial charge in [0, 0.05) is 13.0 Å². The van der Waals surface area contributed by atoms with Gasteiger partial charge in [0.25, 0.3) is 0 Å². The summed E-state index contributed by atoms with van der Waals surface area (Å²) in [4.78, 5) is 12.1. The first-order chi connectivity index (χ1) is 22.7. The van der Waals surface area contributed by atoms with E-state index in [0.29, 0.717) is 13.0 Å². The lowest BCUT2D eigenvalue weighted by Crippen LogP contribution is -2.27. The lowest BCUT2D eigenvalue weighted by atomic mass is 10.1. The zero-order valence-electron chi connectivity index (χ0n) is 30.3. The zero-order chi connectivity index (χ0) is 33.4. The molecule has 0 saturated carbocycles. The van der Waals surface area contributed by atoms with Crippen LogP contribution in [-0.4, -0.2) is 37.0 Å². The molecule has 4 nitrogen and oxygen atoms in total. The molecule has 0 saturated heterocycles. The lowest BCUT2D eigenvalue weighted by molar-refractivity contribution is -0.154. The lowest BCUT2D eigenvalue weighted by Gasteiger charge is -2.16. The Morgan fingerprint density at radius 2 is 0.978 bits per heavy atom. The molecule has 1 atom stereocenters. The normalized spacial score (nSPS) is 13.0. The molecule has 266 valence electrons. The molecular formula is C42H74O4. The summed E-state index contributed by atoms with van der Waals surface area (Å²) in [6.07, 6.45) is 51.3. The predicted molar refractivity (Wildman–Crippen MR) is 200 cm³/mol. The average molecular weight is 643 g/mol. The molecule has 0 heterocycles. The van der Waals surface area contributed by atoms with Gasteiger partial charge < -0.3 is 14.6 Å². The quantitative estimate of drug-likeness (QED) is 0.0424. The molecule has 0 aromatic heterocycles. The summed E-state index contributed by atoms with van der Waals surface area (Å²) < 4.78 is 11.1. The van der Waals surface area contributed by atoms with E-state index in [2.05, 4.69) is 74.6 Å². The maximum atomic E-state index is 12.1. The van der Waals surface area contributed by atoms with E-state index >= 15 is 0 Å². The number of allylic oxidation sites excluding steroid dienone is 10. The number of aliphatic hydroxyl groups excluding tert-OH is 1. The first-order valence-electron chi connectivity index (χ1n) is 19.4. The molecule has 0 radical (unpaired) electrons. The molecule has 1 N–H and O–H groups in total. The van der Waals surface area contributed by atoms with E-state index in [4.69, 9.17) is 9.47 Å². The zero-order valence-corrected chi connectivity index (χ0v) is 30.3. The summed E-state index contributed by atoms with van der Waals surface area (Å²) in [5.74, 6) is -0.208. The highest BCUT2D eigenvalue weighted by molar-refractivity contribution is 5.69. The molecule has 0 spiro atoms. The van der Waals surface area contributed by atoms with Crippen molar-refractivity contribution in [3.05, 3.63) is 60.8 Å². The molecule has 0 aliphatic heterocycles. The molecule has 1 unspecified atom stereocenters. The van der Waals surface area contributed by atoms with Gasteiger partial charge in [0.2, 0.25) is 0 Å². The Bertz CT molecular complexity index is 764. The van der Waals surface area contributed by atoms with E-state index in [1.165, 1.54) is 103 Å². The second-order valence-electron chi connectivity index (χ2n) is 12.6. The van der Waals surface area contributed by atoms with Crippen LogP contribution in [0.15, 0.2) is 60.8 Å². The van der Waals surface area contributed by atoms with Crippen LogP contribution in [0.25, 0.3) is 0 Å². The Morgan fingerprint density at radius 1 is 0.543 bits per heavy atom. The van der Waals surface area contributed by atoms with E-state index in [0.717, 1.165) is 51.4 Å². The monoisotopic (exact) mass is 643 g/mol. The third-order valence-corrected chi connectivity index (χ3v) is 8.11. The fourth-order valence-corrected chi connectivity index (χ4v) is 5.24. The van der Waals surface area contributed by atoms with Crippen LogP contribution >= 0.6 is 0 Å². The van der Waals surface area contributed by atoms with Crippen molar-refractivity contribution >= 4 is 5.97 Å². The van der Waals surface area contributed by atoms with Crippen molar-refractivity contribution in [2.45, 2.75) is 180 Å². The maximum absolute atomic E-state index is 12.1. The Balaban J connectivity index is 3.47. The first-order valence-corrected chi connectivity index (χ1v) is 19.4. The number of hydrogen-bond donors (Lipinski definition) is 1. The summed E-state index contributed by atoms with van der Waals surface area (Å²) in [6, 6.07) is 0. The van der Waals surface area contributed by atoms with Crippen LogP contribution < -0.4 is 0 Å². The van der Waals surface area contributed by atoms with Gasteiger partial charge in [-0.3, -0.25) is 4.79 Å². The van der Waals surface area contributed by atoms with Crippen molar-refractivity contribution in [1.82, 2.24) is 0 Å². The standard InChI is InChI=1S/C42H74O4/c1-3-5-7-9-11-13-15-16-17-18-19-20-21-22-23-24-25-26-27-28-30-32-34-36-38-45-40-41(39-43)46-42(44)37-35-33-31-29-14-12-10-8-6-4-2/h5,7,11,13,16-17,19-20,22-23,41,43H,3-4,6,8-10,12,14-15,18,21,24-40H2,1-2H3/b7-5-,13-11-,17-16-,20-19-,23-22-. The fraction of sp³-hybridized carbons (Fsp3) is 0.738. The van der Waals surface area contributed by atoms with Crippen molar-refractivity contribution < 1.29 is 19.4 Å². The third kappa shape index (κ3) is 36.6. The molecule has 0 aromatic rings. The van der Waals surface area contributed by atoms with Crippen LogP contribution in [0, 0.1) is 0 Å². The number of aliphatic hydroxyl groups is 1. The van der Waals surface area contributed by atoms with E-state index < -0.39 is 6.10 Å². The molecule has 0 aromatic carbocycles. The molecule has 0 rings (SSSR count). The van der Waals surface area contributed by atoms with Crippen LogP contribution in [0.1, 0.15) is 174 Å². The molecule has 0 amide bonds. The Kier molecular flexibility index (Phi) is 37.6. The smallest absolute Gasteiger partial charge is 0.306 e. The van der Waals surface area contributed by atoms with Gasteiger partial charge in [-0.2, -0.15) is 0 Å². The number of hydrogen-bond acceptors (Lipinski definition) is 4. The van der Waals surface area contributed by atoms with Crippen molar-refractivity contribution in [1.29, 1.82) is 0 Å². The van der Waals surface area contributed by atoms with Gasteiger partial charge in [0.05, 0.1) is 13.2 Å². The van der Waals surface area contributed by atoms with Crippen LogP contribution in [0.4, 0.5) is 0 Å². The minimum atomic E-state index is -0.537. The number of rotatable bonds is 35. The molecule has 4 heteroatoms. The second-order valence-corrected chi connectivity index (χ2v) is 12.6. The van der Waals surface area contributed by atoms with E-state index in [9.17, 15) is 9.90 Å². The number of unbranched alkanes of at least 4 members (excludes halogenated alkanes) is 17. The van der Waals surface area contributed by atoms with Gasteiger partial charge >= 0.3 is 5.97 Å². The Labute approximate surface area is 285 Å².